The summed E-state index contributed by atoms with van der Waals surface area (Å²) in [5.41, 5.74) is 9.13. The lowest BCUT2D eigenvalue weighted by Crippen LogP contribution is -2.32. The zero-order chi connectivity index (χ0) is 21.0. The molecule has 0 aliphatic rings. The lowest BCUT2D eigenvalue weighted by Gasteiger charge is -2.07. The molecule has 148 valence electrons. The van der Waals surface area contributed by atoms with Crippen LogP contribution in [0.5, 0.6) is 0 Å². The largest absolute Gasteiger partial charge is 0.480 e. The fraction of sp³-hybridized carbons (Fsp3) is 0.300. The Morgan fingerprint density at radius 3 is 2.43 bits per heavy atom. The fourth-order valence-electron chi connectivity index (χ4n) is 3.16. The van der Waals surface area contributed by atoms with Crippen LogP contribution in [0.4, 0.5) is 5.69 Å². The fourth-order valence-corrected chi connectivity index (χ4v) is 3.16. The molecular formula is C20H24N4O4. The Bertz CT molecular complexity index is 1010. The Kier molecular flexibility index (Phi) is 6.48. The molecule has 28 heavy (non-hydrogen) atoms. The number of carbonyl (C=O) groups is 1. The van der Waals surface area contributed by atoms with Crippen LogP contribution in [-0.4, -0.2) is 31.6 Å². The summed E-state index contributed by atoms with van der Waals surface area (Å²) in [6, 6.07) is 5.80. The van der Waals surface area contributed by atoms with E-state index in [2.05, 4.69) is 4.98 Å². The predicted molar refractivity (Wildman–Crippen MR) is 108 cm³/mol. The molecule has 0 aliphatic heterocycles. The van der Waals surface area contributed by atoms with Crippen molar-refractivity contribution in [3.05, 3.63) is 58.0 Å². The van der Waals surface area contributed by atoms with Crippen LogP contribution >= 0.6 is 0 Å². The zero-order valence-electron chi connectivity index (χ0n) is 16.3. The summed E-state index contributed by atoms with van der Waals surface area (Å²) < 4.78 is 1.83. The number of aryl methyl sites for hydroxylation is 1. The number of rotatable bonds is 5. The van der Waals surface area contributed by atoms with Crippen LogP contribution in [0.2, 0.25) is 0 Å². The summed E-state index contributed by atoms with van der Waals surface area (Å²) in [5, 5.41) is 21.3. The van der Waals surface area contributed by atoms with Crippen molar-refractivity contribution in [1.29, 1.82) is 0 Å². The lowest BCUT2D eigenvalue weighted by atomic mass is 9.99. The first-order valence-electron chi connectivity index (χ1n) is 8.96. The number of carboxylic acids is 1. The number of hydrogen-bond donors (Lipinski definition) is 2. The van der Waals surface area contributed by atoms with E-state index in [1.54, 1.807) is 38.5 Å². The van der Waals surface area contributed by atoms with E-state index in [4.69, 9.17) is 10.8 Å². The first-order chi connectivity index (χ1) is 13.3. The molecule has 1 unspecified atom stereocenters. The van der Waals surface area contributed by atoms with E-state index in [1.807, 2.05) is 24.5 Å². The van der Waals surface area contributed by atoms with Gasteiger partial charge >= 0.3 is 5.97 Å². The molecule has 1 atom stereocenters. The lowest BCUT2D eigenvalue weighted by molar-refractivity contribution is -0.383. The minimum absolute atomic E-state index is 0.0218. The van der Waals surface area contributed by atoms with Gasteiger partial charge in [-0.1, -0.05) is 13.8 Å². The van der Waals surface area contributed by atoms with E-state index in [0.29, 0.717) is 22.0 Å². The highest BCUT2D eigenvalue weighted by Crippen LogP contribution is 2.37. The molecule has 3 aromatic rings. The van der Waals surface area contributed by atoms with E-state index in [-0.39, 0.29) is 12.1 Å². The molecule has 3 rings (SSSR count). The van der Waals surface area contributed by atoms with E-state index in [9.17, 15) is 14.9 Å². The Hall–Kier alpha value is -3.26. The second-order valence-corrected chi connectivity index (χ2v) is 6.15. The van der Waals surface area contributed by atoms with Gasteiger partial charge in [0.15, 0.2) is 0 Å². The average Bonchev–Trinajstić information content (AvgIpc) is 2.94. The SMILES string of the molecule is CC.Cc1c(CC(N)C(=O)O)c2c([N+](=O)[O-])cc(-c3ccncc3)cc2n1C. The van der Waals surface area contributed by atoms with Crippen molar-refractivity contribution in [3.63, 3.8) is 0 Å². The van der Waals surface area contributed by atoms with E-state index in [0.717, 1.165) is 11.3 Å². The number of aliphatic carboxylic acids is 1. The number of nitrogens with zero attached hydrogens (tertiary/aromatic N) is 3. The van der Waals surface area contributed by atoms with Crippen LogP contribution < -0.4 is 5.73 Å². The highest BCUT2D eigenvalue weighted by Gasteiger charge is 2.25. The molecule has 2 aromatic heterocycles. The van der Waals surface area contributed by atoms with Gasteiger partial charge in [-0.2, -0.15) is 0 Å². The number of benzene rings is 1. The van der Waals surface area contributed by atoms with Gasteiger partial charge in [-0.25, -0.2) is 0 Å². The van der Waals surface area contributed by atoms with Crippen LogP contribution in [0, 0.1) is 17.0 Å². The quantitative estimate of drug-likeness (QED) is 0.513. The molecule has 3 N–H and O–H groups in total. The smallest absolute Gasteiger partial charge is 0.320 e. The van der Waals surface area contributed by atoms with Gasteiger partial charge < -0.3 is 15.4 Å². The van der Waals surface area contributed by atoms with E-state index >= 15 is 0 Å². The number of non-ortho nitro benzene ring substituents is 1. The van der Waals surface area contributed by atoms with Crippen LogP contribution in [-0.2, 0) is 18.3 Å². The summed E-state index contributed by atoms with van der Waals surface area (Å²) in [6.07, 6.45) is 3.27. The summed E-state index contributed by atoms with van der Waals surface area (Å²) in [7, 11) is 1.80. The number of nitro groups is 1. The summed E-state index contributed by atoms with van der Waals surface area (Å²) in [4.78, 5) is 26.4. The normalized spacial score (nSPS) is 11.6. The van der Waals surface area contributed by atoms with Crippen molar-refractivity contribution in [2.75, 3.05) is 0 Å². The zero-order valence-corrected chi connectivity index (χ0v) is 16.3. The van der Waals surface area contributed by atoms with Crippen LogP contribution in [0.15, 0.2) is 36.7 Å². The van der Waals surface area contributed by atoms with Gasteiger partial charge in [-0.05, 0) is 41.8 Å². The van der Waals surface area contributed by atoms with E-state index in [1.165, 1.54) is 6.07 Å². The van der Waals surface area contributed by atoms with Gasteiger partial charge in [-0.15, -0.1) is 0 Å². The highest BCUT2D eigenvalue weighted by molar-refractivity contribution is 5.97. The van der Waals surface area contributed by atoms with Crippen molar-refractivity contribution >= 4 is 22.6 Å². The van der Waals surface area contributed by atoms with Gasteiger partial charge in [0.2, 0.25) is 0 Å². The second-order valence-electron chi connectivity index (χ2n) is 6.15. The van der Waals surface area contributed by atoms with Gasteiger partial charge in [0, 0.05) is 37.6 Å². The maximum absolute atomic E-state index is 11.7. The molecule has 8 nitrogen and oxygen atoms in total. The molecule has 0 radical (unpaired) electrons. The van der Waals surface area contributed by atoms with Gasteiger partial charge in [-0.3, -0.25) is 19.9 Å². The molecule has 2 heterocycles. The summed E-state index contributed by atoms with van der Waals surface area (Å²) >= 11 is 0. The highest BCUT2D eigenvalue weighted by atomic mass is 16.6. The average molecular weight is 384 g/mol. The van der Waals surface area contributed by atoms with Gasteiger partial charge in [0.05, 0.1) is 15.8 Å². The molecule has 0 spiro atoms. The maximum atomic E-state index is 11.7. The third-order valence-corrected chi connectivity index (χ3v) is 4.65. The van der Waals surface area contributed by atoms with Crippen molar-refractivity contribution in [1.82, 2.24) is 9.55 Å². The molecular weight excluding hydrogens is 360 g/mol. The Morgan fingerprint density at radius 1 is 1.29 bits per heavy atom. The van der Waals surface area contributed by atoms with Crippen molar-refractivity contribution in [3.8, 4) is 11.1 Å². The molecule has 0 amide bonds. The minimum atomic E-state index is -1.14. The third kappa shape index (κ3) is 3.86. The van der Waals surface area contributed by atoms with Crippen molar-refractivity contribution < 1.29 is 14.8 Å². The first kappa shape index (κ1) is 21.0. The molecule has 0 fully saturated rings. The standard InChI is InChI=1S/C18H18N4O4.C2H6/c1-10-13(9-14(19)18(23)24)17-15(21(10)2)7-12(8-16(17)22(25)26)11-3-5-20-6-4-11;1-2/h3-8,14H,9,19H2,1-2H3,(H,23,24);1-2H3. The molecule has 0 saturated heterocycles. The topological polar surface area (TPSA) is 124 Å². The van der Waals surface area contributed by atoms with Gasteiger partial charge in [0.1, 0.15) is 6.04 Å². The predicted octanol–water partition coefficient (Wildman–Crippen LogP) is 3.44. The second kappa shape index (κ2) is 8.62. The van der Waals surface area contributed by atoms with E-state index < -0.39 is 16.9 Å². The summed E-state index contributed by atoms with van der Waals surface area (Å²) in [5.74, 6) is -1.14. The monoisotopic (exact) mass is 384 g/mol. The minimum Gasteiger partial charge on any atom is -0.480 e. The van der Waals surface area contributed by atoms with Crippen LogP contribution in [0.3, 0.4) is 0 Å². The molecule has 0 saturated carbocycles. The number of nitro benzene ring substituents is 1. The maximum Gasteiger partial charge on any atom is 0.320 e. The van der Waals surface area contributed by atoms with Crippen LogP contribution in [0.25, 0.3) is 22.0 Å². The number of nitrogens with two attached hydrogens (primary N) is 1. The number of carboxylic acid groups (broad SMARTS) is 1. The van der Waals surface area contributed by atoms with Crippen molar-refractivity contribution in [2.45, 2.75) is 33.2 Å². The molecule has 0 bridgehead atoms. The third-order valence-electron chi connectivity index (χ3n) is 4.65. The molecule has 1 aromatic carbocycles. The number of fused-ring (bicyclic) bond motifs is 1. The Labute approximate surface area is 162 Å². The van der Waals surface area contributed by atoms with Gasteiger partial charge in [0.25, 0.3) is 5.69 Å². The number of hydrogen-bond acceptors (Lipinski definition) is 5. The molecule has 8 heteroatoms. The molecule has 0 aliphatic carbocycles. The number of aromatic nitrogens is 2. The van der Waals surface area contributed by atoms with Crippen molar-refractivity contribution in [2.24, 2.45) is 12.8 Å². The summed E-state index contributed by atoms with van der Waals surface area (Å²) in [6.45, 7) is 5.81. The number of pyridine rings is 1. The Morgan fingerprint density at radius 2 is 1.89 bits per heavy atom. The Balaban J connectivity index is 0.00000136. The first-order valence-corrected chi connectivity index (χ1v) is 8.96. The van der Waals surface area contributed by atoms with Crippen LogP contribution in [0.1, 0.15) is 25.1 Å².